The van der Waals surface area contributed by atoms with Crippen molar-refractivity contribution in [2.75, 3.05) is 6.61 Å². The highest BCUT2D eigenvalue weighted by molar-refractivity contribution is 5.69. The fourth-order valence-corrected chi connectivity index (χ4v) is 1.44. The maximum atomic E-state index is 10.4. The first-order valence-electron chi connectivity index (χ1n) is 5.11. The van der Waals surface area contributed by atoms with E-state index < -0.39 is 5.97 Å². The van der Waals surface area contributed by atoms with Gasteiger partial charge in [-0.05, 0) is 23.8 Å². The molecular formula is C13H11NO3. The molecule has 1 heterocycles. The SMILES string of the molecule is O=C(O)COc1cccc(-c2cccnc2)c1. The number of carboxylic acid groups (broad SMARTS) is 1. The van der Waals surface area contributed by atoms with Crippen LogP contribution in [0.25, 0.3) is 11.1 Å². The van der Waals surface area contributed by atoms with Crippen LogP contribution in [-0.4, -0.2) is 22.7 Å². The number of carbonyl (C=O) groups is 1. The number of hydrogen-bond acceptors (Lipinski definition) is 3. The normalized spacial score (nSPS) is 9.88. The van der Waals surface area contributed by atoms with Gasteiger partial charge in [-0.3, -0.25) is 4.98 Å². The summed E-state index contributed by atoms with van der Waals surface area (Å²) >= 11 is 0. The summed E-state index contributed by atoms with van der Waals surface area (Å²) in [5.74, 6) is -0.453. The van der Waals surface area contributed by atoms with Gasteiger partial charge in [0.2, 0.25) is 0 Å². The van der Waals surface area contributed by atoms with Crippen molar-refractivity contribution in [1.29, 1.82) is 0 Å². The smallest absolute Gasteiger partial charge is 0.341 e. The van der Waals surface area contributed by atoms with Gasteiger partial charge in [-0.25, -0.2) is 4.79 Å². The zero-order valence-electron chi connectivity index (χ0n) is 9.04. The van der Waals surface area contributed by atoms with Crippen molar-refractivity contribution in [3.05, 3.63) is 48.8 Å². The van der Waals surface area contributed by atoms with Crippen LogP contribution in [-0.2, 0) is 4.79 Å². The van der Waals surface area contributed by atoms with Gasteiger partial charge in [-0.1, -0.05) is 18.2 Å². The van der Waals surface area contributed by atoms with Gasteiger partial charge < -0.3 is 9.84 Å². The van der Waals surface area contributed by atoms with E-state index in [0.29, 0.717) is 5.75 Å². The van der Waals surface area contributed by atoms with E-state index in [-0.39, 0.29) is 6.61 Å². The minimum atomic E-state index is -0.989. The highest BCUT2D eigenvalue weighted by Gasteiger charge is 2.02. The summed E-state index contributed by atoms with van der Waals surface area (Å²) < 4.78 is 5.11. The van der Waals surface area contributed by atoms with Crippen LogP contribution < -0.4 is 4.74 Å². The van der Waals surface area contributed by atoms with Crippen LogP contribution in [0.4, 0.5) is 0 Å². The third kappa shape index (κ3) is 3.04. The highest BCUT2D eigenvalue weighted by atomic mass is 16.5. The Hall–Kier alpha value is -2.36. The summed E-state index contributed by atoms with van der Waals surface area (Å²) in [4.78, 5) is 14.4. The van der Waals surface area contributed by atoms with E-state index in [2.05, 4.69) is 4.98 Å². The maximum Gasteiger partial charge on any atom is 0.341 e. The van der Waals surface area contributed by atoms with Gasteiger partial charge >= 0.3 is 5.97 Å². The Morgan fingerprint density at radius 1 is 1.24 bits per heavy atom. The number of ether oxygens (including phenoxy) is 1. The van der Waals surface area contributed by atoms with Crippen LogP contribution >= 0.6 is 0 Å². The fourth-order valence-electron chi connectivity index (χ4n) is 1.44. The summed E-state index contributed by atoms with van der Waals surface area (Å²) in [6.07, 6.45) is 3.45. The molecule has 0 unspecified atom stereocenters. The molecule has 0 aliphatic rings. The van der Waals surface area contributed by atoms with Crippen molar-refractivity contribution in [1.82, 2.24) is 4.98 Å². The Labute approximate surface area is 98.5 Å². The third-order valence-electron chi connectivity index (χ3n) is 2.19. The average Bonchev–Trinajstić information content (AvgIpc) is 2.38. The Morgan fingerprint density at radius 3 is 2.76 bits per heavy atom. The first-order valence-corrected chi connectivity index (χ1v) is 5.11. The van der Waals surface area contributed by atoms with Crippen molar-refractivity contribution in [2.45, 2.75) is 0 Å². The quantitative estimate of drug-likeness (QED) is 0.873. The minimum Gasteiger partial charge on any atom is -0.482 e. The van der Waals surface area contributed by atoms with E-state index in [1.54, 1.807) is 24.5 Å². The molecule has 17 heavy (non-hydrogen) atoms. The molecule has 2 rings (SSSR count). The molecule has 0 fully saturated rings. The van der Waals surface area contributed by atoms with Crippen LogP contribution in [0.5, 0.6) is 5.75 Å². The summed E-state index contributed by atoms with van der Waals surface area (Å²) in [5.41, 5.74) is 1.91. The number of hydrogen-bond donors (Lipinski definition) is 1. The molecule has 0 saturated heterocycles. The summed E-state index contributed by atoms with van der Waals surface area (Å²) in [6, 6.07) is 11.0. The van der Waals surface area contributed by atoms with Crippen molar-refractivity contribution in [3.63, 3.8) is 0 Å². The molecule has 0 saturated carbocycles. The first kappa shape index (κ1) is 11.1. The van der Waals surface area contributed by atoms with Gasteiger partial charge in [0.25, 0.3) is 0 Å². The predicted octanol–water partition coefficient (Wildman–Crippen LogP) is 2.21. The Bertz CT molecular complexity index is 511. The van der Waals surface area contributed by atoms with Crippen LogP contribution in [0.2, 0.25) is 0 Å². The molecule has 2 aromatic rings. The lowest BCUT2D eigenvalue weighted by Gasteiger charge is -2.05. The number of carboxylic acids is 1. The lowest BCUT2D eigenvalue weighted by Crippen LogP contribution is -2.09. The fraction of sp³-hybridized carbons (Fsp3) is 0.0769. The molecular weight excluding hydrogens is 218 g/mol. The number of benzene rings is 1. The maximum absolute atomic E-state index is 10.4. The predicted molar refractivity (Wildman–Crippen MR) is 62.8 cm³/mol. The van der Waals surface area contributed by atoms with E-state index in [0.717, 1.165) is 11.1 Å². The first-order chi connectivity index (χ1) is 8.25. The lowest BCUT2D eigenvalue weighted by molar-refractivity contribution is -0.139. The van der Waals surface area contributed by atoms with Crippen LogP contribution in [0.1, 0.15) is 0 Å². The third-order valence-corrected chi connectivity index (χ3v) is 2.19. The largest absolute Gasteiger partial charge is 0.482 e. The standard InChI is InChI=1S/C13H11NO3/c15-13(16)9-17-12-5-1-3-10(7-12)11-4-2-6-14-8-11/h1-8H,9H2,(H,15,16). The topological polar surface area (TPSA) is 59.4 Å². The Balaban J connectivity index is 2.20. The second-order valence-corrected chi connectivity index (χ2v) is 3.45. The monoisotopic (exact) mass is 229 g/mol. The van der Waals surface area contributed by atoms with Crippen LogP contribution in [0.3, 0.4) is 0 Å². The zero-order valence-corrected chi connectivity index (χ0v) is 9.04. The molecule has 4 nitrogen and oxygen atoms in total. The van der Waals surface area contributed by atoms with Gasteiger partial charge in [-0.15, -0.1) is 0 Å². The van der Waals surface area contributed by atoms with E-state index in [1.165, 1.54) is 0 Å². The average molecular weight is 229 g/mol. The van der Waals surface area contributed by atoms with E-state index in [4.69, 9.17) is 9.84 Å². The summed E-state index contributed by atoms with van der Waals surface area (Å²) in [5, 5.41) is 8.53. The summed E-state index contributed by atoms with van der Waals surface area (Å²) in [6.45, 7) is -0.337. The van der Waals surface area contributed by atoms with Gasteiger partial charge in [0, 0.05) is 18.0 Å². The number of nitrogens with zero attached hydrogens (tertiary/aromatic N) is 1. The molecule has 0 amide bonds. The molecule has 1 N–H and O–H groups in total. The van der Waals surface area contributed by atoms with E-state index in [9.17, 15) is 4.79 Å². The number of pyridine rings is 1. The van der Waals surface area contributed by atoms with Gasteiger partial charge in [0.15, 0.2) is 6.61 Å². The van der Waals surface area contributed by atoms with E-state index >= 15 is 0 Å². The molecule has 0 spiro atoms. The molecule has 0 bridgehead atoms. The van der Waals surface area contributed by atoms with Crippen molar-refractivity contribution in [3.8, 4) is 16.9 Å². The molecule has 0 atom stereocenters. The lowest BCUT2D eigenvalue weighted by atomic mass is 10.1. The highest BCUT2D eigenvalue weighted by Crippen LogP contribution is 2.22. The molecule has 1 aromatic heterocycles. The molecule has 4 heteroatoms. The van der Waals surface area contributed by atoms with Gasteiger partial charge in [-0.2, -0.15) is 0 Å². The number of aliphatic carboxylic acids is 1. The van der Waals surface area contributed by atoms with Crippen LogP contribution in [0, 0.1) is 0 Å². The van der Waals surface area contributed by atoms with E-state index in [1.807, 2.05) is 24.3 Å². The molecule has 0 radical (unpaired) electrons. The second kappa shape index (κ2) is 5.12. The van der Waals surface area contributed by atoms with Gasteiger partial charge in [0.05, 0.1) is 0 Å². The Morgan fingerprint density at radius 2 is 2.06 bits per heavy atom. The van der Waals surface area contributed by atoms with Crippen molar-refractivity contribution < 1.29 is 14.6 Å². The summed E-state index contributed by atoms with van der Waals surface area (Å²) in [7, 11) is 0. The minimum absolute atomic E-state index is 0.337. The number of aromatic nitrogens is 1. The molecule has 86 valence electrons. The zero-order chi connectivity index (χ0) is 12.1. The number of rotatable bonds is 4. The molecule has 0 aliphatic heterocycles. The van der Waals surface area contributed by atoms with Crippen LogP contribution in [0.15, 0.2) is 48.8 Å². The molecule has 1 aromatic carbocycles. The Kier molecular flexibility index (Phi) is 3.35. The molecule has 0 aliphatic carbocycles. The van der Waals surface area contributed by atoms with Crippen molar-refractivity contribution >= 4 is 5.97 Å². The van der Waals surface area contributed by atoms with Gasteiger partial charge in [0.1, 0.15) is 5.75 Å². The second-order valence-electron chi connectivity index (χ2n) is 3.45. The van der Waals surface area contributed by atoms with Crippen molar-refractivity contribution in [2.24, 2.45) is 0 Å².